The van der Waals surface area contributed by atoms with Crippen LogP contribution in [0, 0.1) is 13.8 Å². The van der Waals surface area contributed by atoms with Crippen molar-refractivity contribution in [1.82, 2.24) is 10.2 Å². The number of hydrogen-bond donors (Lipinski definition) is 2. The summed E-state index contributed by atoms with van der Waals surface area (Å²) in [5.41, 5.74) is 3.35. The molecule has 0 radical (unpaired) electrons. The summed E-state index contributed by atoms with van der Waals surface area (Å²) in [6.45, 7) is 6.61. The highest BCUT2D eigenvalue weighted by Gasteiger charge is 2.19. The minimum atomic E-state index is 0. The van der Waals surface area contributed by atoms with E-state index < -0.39 is 0 Å². The lowest BCUT2D eigenvalue weighted by Crippen LogP contribution is -2.44. The van der Waals surface area contributed by atoms with Crippen LogP contribution in [0.4, 0.5) is 5.69 Å². The number of amides is 1. The van der Waals surface area contributed by atoms with E-state index in [1.165, 1.54) is 11.1 Å². The smallest absolute Gasteiger partial charge is 0.238 e. The van der Waals surface area contributed by atoms with Gasteiger partial charge in [0.25, 0.3) is 0 Å². The molecule has 0 aliphatic carbocycles. The van der Waals surface area contributed by atoms with E-state index in [1.54, 1.807) is 0 Å². The van der Waals surface area contributed by atoms with Crippen molar-refractivity contribution in [1.29, 1.82) is 0 Å². The zero-order valence-electron chi connectivity index (χ0n) is 13.1. The van der Waals surface area contributed by atoms with Crippen molar-refractivity contribution in [2.24, 2.45) is 0 Å². The van der Waals surface area contributed by atoms with Gasteiger partial charge in [-0.15, -0.1) is 12.4 Å². The van der Waals surface area contributed by atoms with Gasteiger partial charge in [0.1, 0.15) is 0 Å². The van der Waals surface area contributed by atoms with Crippen LogP contribution in [-0.4, -0.2) is 43.5 Å². The molecule has 4 nitrogen and oxygen atoms in total. The second-order valence-corrected chi connectivity index (χ2v) is 5.69. The topological polar surface area (TPSA) is 44.4 Å². The van der Waals surface area contributed by atoms with E-state index >= 15 is 0 Å². The van der Waals surface area contributed by atoms with Gasteiger partial charge in [0.15, 0.2) is 0 Å². The van der Waals surface area contributed by atoms with Crippen molar-refractivity contribution in [3.63, 3.8) is 0 Å². The van der Waals surface area contributed by atoms with Crippen molar-refractivity contribution < 1.29 is 4.79 Å². The molecule has 1 saturated heterocycles. The molecule has 5 heteroatoms. The highest BCUT2D eigenvalue weighted by atomic mass is 35.5. The molecule has 0 unspecified atom stereocenters. The summed E-state index contributed by atoms with van der Waals surface area (Å²) in [7, 11) is 2.01. The summed E-state index contributed by atoms with van der Waals surface area (Å²) in [6, 6.07) is 6.64. The Kier molecular flexibility index (Phi) is 7.15. The Labute approximate surface area is 133 Å². The first-order valence-electron chi connectivity index (χ1n) is 7.35. The van der Waals surface area contributed by atoms with E-state index in [1.807, 2.05) is 25.2 Å². The molecule has 1 fully saturated rings. The van der Waals surface area contributed by atoms with Gasteiger partial charge in [0.2, 0.25) is 5.91 Å². The number of nitrogens with zero attached hydrogens (tertiary/aromatic N) is 1. The van der Waals surface area contributed by atoms with Crippen LogP contribution >= 0.6 is 12.4 Å². The lowest BCUT2D eigenvalue weighted by Gasteiger charge is -2.31. The van der Waals surface area contributed by atoms with Crippen LogP contribution in [0.15, 0.2) is 18.2 Å². The van der Waals surface area contributed by atoms with Crippen molar-refractivity contribution in [2.75, 3.05) is 32.0 Å². The number of hydrogen-bond acceptors (Lipinski definition) is 3. The first kappa shape index (κ1) is 18.0. The zero-order valence-corrected chi connectivity index (χ0v) is 13.9. The summed E-state index contributed by atoms with van der Waals surface area (Å²) >= 11 is 0. The van der Waals surface area contributed by atoms with Crippen LogP contribution in [0.1, 0.15) is 24.0 Å². The van der Waals surface area contributed by atoms with Crippen LogP contribution in [0.5, 0.6) is 0 Å². The van der Waals surface area contributed by atoms with Gasteiger partial charge in [-0.05, 0) is 57.0 Å². The normalized spacial score (nSPS) is 16.3. The van der Waals surface area contributed by atoms with Crippen LogP contribution in [0.3, 0.4) is 0 Å². The summed E-state index contributed by atoms with van der Waals surface area (Å²) < 4.78 is 0. The van der Waals surface area contributed by atoms with Crippen LogP contribution < -0.4 is 10.6 Å². The van der Waals surface area contributed by atoms with Crippen molar-refractivity contribution in [3.05, 3.63) is 29.3 Å². The molecule has 21 heavy (non-hydrogen) atoms. The Bertz CT molecular complexity index is 471. The minimum Gasteiger partial charge on any atom is -0.325 e. The molecule has 2 rings (SSSR count). The van der Waals surface area contributed by atoms with Gasteiger partial charge in [-0.25, -0.2) is 0 Å². The summed E-state index contributed by atoms with van der Waals surface area (Å²) in [5.74, 6) is 0.0798. The molecule has 0 spiro atoms. The molecule has 0 aromatic heterocycles. The van der Waals surface area contributed by atoms with E-state index in [2.05, 4.69) is 29.4 Å². The molecular formula is C16H26ClN3O. The van der Waals surface area contributed by atoms with Gasteiger partial charge in [0.05, 0.1) is 6.54 Å². The maximum atomic E-state index is 12.1. The fourth-order valence-corrected chi connectivity index (χ4v) is 2.60. The predicted octanol–water partition coefficient (Wildman–Crippen LogP) is 2.35. The highest BCUT2D eigenvalue weighted by Crippen LogP contribution is 2.14. The molecule has 0 bridgehead atoms. The second-order valence-electron chi connectivity index (χ2n) is 5.69. The van der Waals surface area contributed by atoms with E-state index in [0.717, 1.165) is 31.6 Å². The maximum Gasteiger partial charge on any atom is 0.238 e. The van der Waals surface area contributed by atoms with Gasteiger partial charge in [0, 0.05) is 24.8 Å². The van der Waals surface area contributed by atoms with E-state index in [4.69, 9.17) is 0 Å². The van der Waals surface area contributed by atoms with Gasteiger partial charge < -0.3 is 10.6 Å². The minimum absolute atomic E-state index is 0. The molecule has 0 atom stereocenters. The summed E-state index contributed by atoms with van der Waals surface area (Å²) in [4.78, 5) is 14.3. The van der Waals surface area contributed by atoms with Crippen LogP contribution in [0.25, 0.3) is 0 Å². The van der Waals surface area contributed by atoms with Crippen LogP contribution in [0.2, 0.25) is 0 Å². The zero-order chi connectivity index (χ0) is 14.5. The maximum absolute atomic E-state index is 12.1. The van der Waals surface area contributed by atoms with Gasteiger partial charge in [-0.1, -0.05) is 6.07 Å². The van der Waals surface area contributed by atoms with Gasteiger partial charge in [-0.3, -0.25) is 9.69 Å². The molecule has 2 N–H and O–H groups in total. The number of piperidine rings is 1. The third-order valence-corrected chi connectivity index (χ3v) is 4.15. The number of nitrogens with one attached hydrogen (secondary N) is 2. The summed E-state index contributed by atoms with van der Waals surface area (Å²) in [6.07, 6.45) is 2.24. The number of likely N-dealkylation sites (tertiary alicyclic amines) is 1. The average Bonchev–Trinajstić information content (AvgIpc) is 2.44. The number of aryl methyl sites for hydroxylation is 2. The SMILES string of the molecule is CNC1CCN(CC(=O)Nc2ccc(C)c(C)c2)CC1.Cl. The van der Waals surface area contributed by atoms with Gasteiger partial charge >= 0.3 is 0 Å². The van der Waals surface area contributed by atoms with Crippen LogP contribution in [-0.2, 0) is 4.79 Å². The predicted molar refractivity (Wildman–Crippen MR) is 90.3 cm³/mol. The number of carbonyl (C=O) groups excluding carboxylic acids is 1. The monoisotopic (exact) mass is 311 g/mol. The molecule has 1 heterocycles. The third-order valence-electron chi connectivity index (χ3n) is 4.15. The lowest BCUT2D eigenvalue weighted by molar-refractivity contribution is -0.117. The number of anilines is 1. The summed E-state index contributed by atoms with van der Waals surface area (Å²) in [5, 5.41) is 6.29. The fraction of sp³-hybridized carbons (Fsp3) is 0.562. The quantitative estimate of drug-likeness (QED) is 0.897. The Morgan fingerprint density at radius 1 is 1.24 bits per heavy atom. The molecule has 1 aliphatic heterocycles. The molecule has 1 aromatic rings. The van der Waals surface area contributed by atoms with Crippen molar-refractivity contribution >= 4 is 24.0 Å². The largest absolute Gasteiger partial charge is 0.325 e. The first-order chi connectivity index (χ1) is 9.58. The van der Waals surface area contributed by atoms with E-state index in [0.29, 0.717) is 12.6 Å². The molecular weight excluding hydrogens is 286 g/mol. The number of benzene rings is 1. The van der Waals surface area contributed by atoms with Crippen molar-refractivity contribution in [3.8, 4) is 0 Å². The number of halogens is 1. The molecule has 118 valence electrons. The molecule has 1 aliphatic rings. The first-order valence-corrected chi connectivity index (χ1v) is 7.35. The third kappa shape index (κ3) is 5.30. The highest BCUT2D eigenvalue weighted by molar-refractivity contribution is 5.92. The lowest BCUT2D eigenvalue weighted by atomic mass is 10.1. The van der Waals surface area contributed by atoms with E-state index in [9.17, 15) is 4.79 Å². The standard InChI is InChI=1S/C16H25N3O.ClH/c1-12-4-5-15(10-13(12)2)18-16(20)11-19-8-6-14(17-3)7-9-19;/h4-5,10,14,17H,6-9,11H2,1-3H3,(H,18,20);1H. The average molecular weight is 312 g/mol. The fourth-order valence-electron chi connectivity index (χ4n) is 2.60. The Morgan fingerprint density at radius 2 is 1.90 bits per heavy atom. The van der Waals surface area contributed by atoms with Crippen molar-refractivity contribution in [2.45, 2.75) is 32.7 Å². The number of carbonyl (C=O) groups is 1. The second kappa shape index (κ2) is 8.37. The van der Waals surface area contributed by atoms with E-state index in [-0.39, 0.29) is 18.3 Å². The molecule has 1 aromatic carbocycles. The Balaban J connectivity index is 0.00000220. The molecule has 1 amide bonds. The number of rotatable bonds is 4. The van der Waals surface area contributed by atoms with Gasteiger partial charge in [-0.2, -0.15) is 0 Å². The molecule has 0 saturated carbocycles. The Hall–Kier alpha value is -1.10. The Morgan fingerprint density at radius 3 is 2.48 bits per heavy atom.